The number of amides is 1. The van der Waals surface area contributed by atoms with Crippen molar-refractivity contribution in [2.75, 3.05) is 5.75 Å². The van der Waals surface area contributed by atoms with Crippen molar-refractivity contribution in [3.05, 3.63) is 58.4 Å². The number of nitro benzene ring substituents is 1. The third kappa shape index (κ3) is 3.15. The topological polar surface area (TPSA) is 80.7 Å². The lowest BCUT2D eigenvalue weighted by atomic mass is 10.3. The van der Waals surface area contributed by atoms with Gasteiger partial charge in [0.2, 0.25) is 0 Å². The molecular formula is C14H10N4O3S2. The predicted molar refractivity (Wildman–Crippen MR) is 91.9 cm³/mol. The molecule has 0 bridgehead atoms. The van der Waals surface area contributed by atoms with Crippen LogP contribution in [0, 0.1) is 10.1 Å². The molecule has 7 nitrogen and oxygen atoms in total. The number of nitrogens with zero attached hydrogens (tertiary/aromatic N) is 4. The van der Waals surface area contributed by atoms with Crippen molar-refractivity contribution >= 4 is 46.1 Å². The number of non-ortho nitro benzene ring substituents is 1. The minimum atomic E-state index is -0.445. The molecule has 1 aromatic heterocycles. The van der Waals surface area contributed by atoms with Crippen LogP contribution in [0.1, 0.15) is 5.69 Å². The smallest absolute Gasteiger partial charge is 0.269 e. The summed E-state index contributed by atoms with van der Waals surface area (Å²) in [6.07, 6.45) is 3.35. The molecule has 0 atom stereocenters. The minimum absolute atomic E-state index is 0.0289. The molecule has 116 valence electrons. The molecule has 0 N–H and O–H groups in total. The number of nitro groups is 1. The molecule has 9 heteroatoms. The average molecular weight is 346 g/mol. The molecular weight excluding hydrogens is 336 g/mol. The van der Waals surface area contributed by atoms with E-state index in [1.165, 1.54) is 35.1 Å². The van der Waals surface area contributed by atoms with Gasteiger partial charge in [-0.3, -0.25) is 14.9 Å². The molecule has 1 amide bonds. The second-order valence-corrected chi connectivity index (χ2v) is 6.19. The molecule has 2 aromatic rings. The Morgan fingerprint density at radius 2 is 2.04 bits per heavy atom. The van der Waals surface area contributed by atoms with Crippen molar-refractivity contribution in [1.29, 1.82) is 0 Å². The number of hydrogen-bond donors (Lipinski definition) is 0. The summed E-state index contributed by atoms with van der Waals surface area (Å²) in [6, 6.07) is 9.81. The minimum Gasteiger partial charge on any atom is -0.316 e. The van der Waals surface area contributed by atoms with Crippen LogP contribution in [0.2, 0.25) is 0 Å². The third-order valence-corrected chi connectivity index (χ3v) is 4.49. The molecule has 0 aliphatic carbocycles. The van der Waals surface area contributed by atoms with Gasteiger partial charge >= 0.3 is 0 Å². The van der Waals surface area contributed by atoms with E-state index >= 15 is 0 Å². The highest BCUT2D eigenvalue weighted by Gasteiger charge is 2.26. The third-order valence-electron chi connectivity index (χ3n) is 3.15. The van der Waals surface area contributed by atoms with Gasteiger partial charge in [0.05, 0.1) is 22.6 Å². The lowest BCUT2D eigenvalue weighted by Crippen LogP contribution is -2.22. The number of rotatable bonds is 4. The Bertz CT molecular complexity index is 798. The van der Waals surface area contributed by atoms with Gasteiger partial charge in [-0.25, -0.2) is 0 Å². The van der Waals surface area contributed by atoms with Crippen LogP contribution < -0.4 is 0 Å². The highest BCUT2D eigenvalue weighted by atomic mass is 32.2. The zero-order chi connectivity index (χ0) is 16.4. The fourth-order valence-corrected chi connectivity index (χ4v) is 3.01. The SMILES string of the molecule is O=C1CSC(=S)N1/N=C/c1cccn1-c1ccc([N+](=O)[O-])cc1. The number of carbonyl (C=O) groups is 1. The summed E-state index contributed by atoms with van der Waals surface area (Å²) in [5.41, 5.74) is 1.51. The first kappa shape index (κ1) is 15.4. The van der Waals surface area contributed by atoms with Crippen LogP contribution in [0.4, 0.5) is 5.69 Å². The molecule has 1 aliphatic rings. The van der Waals surface area contributed by atoms with Crippen molar-refractivity contribution in [2.45, 2.75) is 0 Å². The highest BCUT2D eigenvalue weighted by Crippen LogP contribution is 2.20. The van der Waals surface area contributed by atoms with E-state index in [1.54, 1.807) is 18.3 Å². The predicted octanol–water partition coefficient (Wildman–Crippen LogP) is 2.58. The molecule has 23 heavy (non-hydrogen) atoms. The Morgan fingerprint density at radius 3 is 2.65 bits per heavy atom. The van der Waals surface area contributed by atoms with Gasteiger partial charge in [0.25, 0.3) is 11.6 Å². The van der Waals surface area contributed by atoms with E-state index < -0.39 is 4.92 Å². The van der Waals surface area contributed by atoms with Gasteiger partial charge in [-0.15, -0.1) is 0 Å². The van der Waals surface area contributed by atoms with E-state index in [9.17, 15) is 14.9 Å². The molecule has 3 rings (SSSR count). The first-order valence-corrected chi connectivity index (χ1v) is 7.91. The molecule has 1 fully saturated rings. The Labute approximate surface area is 140 Å². The second-order valence-electron chi connectivity index (χ2n) is 4.58. The second kappa shape index (κ2) is 6.31. The van der Waals surface area contributed by atoms with Crippen LogP contribution in [0.5, 0.6) is 0 Å². The Balaban J connectivity index is 1.86. The van der Waals surface area contributed by atoms with E-state index in [0.717, 1.165) is 11.4 Å². The zero-order valence-corrected chi connectivity index (χ0v) is 13.3. The molecule has 2 heterocycles. The summed E-state index contributed by atoms with van der Waals surface area (Å²) in [7, 11) is 0. The molecule has 0 unspecified atom stereocenters. The lowest BCUT2D eigenvalue weighted by Gasteiger charge is -2.08. The van der Waals surface area contributed by atoms with E-state index in [1.807, 2.05) is 16.7 Å². The molecule has 1 aliphatic heterocycles. The number of carbonyl (C=O) groups excluding carboxylic acids is 1. The Hall–Kier alpha value is -2.52. The lowest BCUT2D eigenvalue weighted by molar-refractivity contribution is -0.384. The van der Waals surface area contributed by atoms with Gasteiger partial charge in [0.15, 0.2) is 4.32 Å². The van der Waals surface area contributed by atoms with Gasteiger partial charge in [-0.2, -0.15) is 10.1 Å². The van der Waals surface area contributed by atoms with E-state index in [4.69, 9.17) is 12.2 Å². The van der Waals surface area contributed by atoms with Gasteiger partial charge in [-0.1, -0.05) is 24.0 Å². The number of thioether (sulfide) groups is 1. The standard InChI is InChI=1S/C14H10N4O3S2/c19-13-9-23-14(22)17(13)15-8-12-2-1-7-16(12)10-3-5-11(6-4-10)18(20)21/h1-8H,9H2/b15-8+. The van der Waals surface area contributed by atoms with Crippen LogP contribution in [-0.4, -0.2) is 36.7 Å². The summed E-state index contributed by atoms with van der Waals surface area (Å²) >= 11 is 6.34. The molecule has 0 radical (unpaired) electrons. The van der Waals surface area contributed by atoms with Gasteiger partial charge < -0.3 is 4.57 Å². The van der Waals surface area contributed by atoms with Crippen LogP contribution in [0.3, 0.4) is 0 Å². The average Bonchev–Trinajstić information content (AvgIpc) is 3.13. The zero-order valence-electron chi connectivity index (χ0n) is 11.7. The largest absolute Gasteiger partial charge is 0.316 e. The number of hydrazone groups is 1. The fraction of sp³-hybridized carbons (Fsp3) is 0.0714. The van der Waals surface area contributed by atoms with E-state index in [-0.39, 0.29) is 11.6 Å². The van der Waals surface area contributed by atoms with Crippen LogP contribution >= 0.6 is 24.0 Å². The van der Waals surface area contributed by atoms with Crippen molar-refractivity contribution in [3.63, 3.8) is 0 Å². The van der Waals surface area contributed by atoms with Gasteiger partial charge in [0, 0.05) is 24.0 Å². The van der Waals surface area contributed by atoms with Crippen molar-refractivity contribution in [3.8, 4) is 5.69 Å². The Kier molecular flexibility index (Phi) is 4.22. The maximum absolute atomic E-state index is 11.6. The number of aromatic nitrogens is 1. The summed E-state index contributed by atoms with van der Waals surface area (Å²) in [5.74, 6) is 0.157. The summed E-state index contributed by atoms with van der Waals surface area (Å²) in [6.45, 7) is 0. The van der Waals surface area contributed by atoms with Crippen LogP contribution in [0.15, 0.2) is 47.7 Å². The first-order valence-electron chi connectivity index (χ1n) is 6.52. The van der Waals surface area contributed by atoms with Gasteiger partial charge in [0.1, 0.15) is 0 Å². The molecule has 1 saturated heterocycles. The van der Waals surface area contributed by atoms with Crippen LogP contribution in [0.25, 0.3) is 5.69 Å². The summed E-state index contributed by atoms with van der Waals surface area (Å²) < 4.78 is 2.24. The highest BCUT2D eigenvalue weighted by molar-refractivity contribution is 8.23. The van der Waals surface area contributed by atoms with Crippen molar-refractivity contribution in [2.24, 2.45) is 5.10 Å². The van der Waals surface area contributed by atoms with E-state index in [2.05, 4.69) is 5.10 Å². The van der Waals surface area contributed by atoms with Gasteiger partial charge in [-0.05, 0) is 24.3 Å². The quantitative estimate of drug-likeness (QED) is 0.368. The Morgan fingerprint density at radius 1 is 1.30 bits per heavy atom. The maximum Gasteiger partial charge on any atom is 0.269 e. The fourth-order valence-electron chi connectivity index (χ4n) is 2.05. The number of thiocarbonyl (C=S) groups is 1. The van der Waals surface area contributed by atoms with Crippen molar-refractivity contribution in [1.82, 2.24) is 9.58 Å². The monoisotopic (exact) mass is 346 g/mol. The molecule has 0 saturated carbocycles. The summed E-state index contributed by atoms with van der Waals surface area (Å²) in [4.78, 5) is 21.9. The summed E-state index contributed by atoms with van der Waals surface area (Å²) in [5, 5.41) is 16.0. The van der Waals surface area contributed by atoms with Crippen molar-refractivity contribution < 1.29 is 9.72 Å². The first-order chi connectivity index (χ1) is 11.1. The molecule has 0 spiro atoms. The van der Waals surface area contributed by atoms with E-state index in [0.29, 0.717) is 10.1 Å². The molecule has 1 aromatic carbocycles. The normalized spacial score (nSPS) is 14.9. The number of benzene rings is 1. The van der Waals surface area contributed by atoms with Crippen LogP contribution in [-0.2, 0) is 4.79 Å². The number of hydrogen-bond acceptors (Lipinski definition) is 6. The maximum atomic E-state index is 11.6.